The first-order valence-electron chi connectivity index (χ1n) is 6.80. The van der Waals surface area contributed by atoms with Crippen LogP contribution in [0.1, 0.15) is 23.0 Å². The molecule has 0 radical (unpaired) electrons. The molecule has 0 unspecified atom stereocenters. The van der Waals surface area contributed by atoms with Gasteiger partial charge < -0.3 is 4.52 Å². The molecule has 3 nitrogen and oxygen atoms in total. The van der Waals surface area contributed by atoms with Crippen molar-refractivity contribution in [2.24, 2.45) is 0 Å². The lowest BCUT2D eigenvalue weighted by Crippen LogP contribution is -1.91. The van der Waals surface area contributed by atoms with Crippen LogP contribution in [0.15, 0.2) is 59.1 Å². The van der Waals surface area contributed by atoms with Crippen LogP contribution in [-0.2, 0) is 0 Å². The molecule has 0 N–H and O–H groups in total. The number of nitrogens with zero attached hydrogens (tertiary/aromatic N) is 1. The third-order valence-electron chi connectivity index (χ3n) is 3.49. The molecule has 0 spiro atoms. The summed E-state index contributed by atoms with van der Waals surface area (Å²) in [6.07, 6.45) is 0. The van der Waals surface area contributed by atoms with Crippen molar-refractivity contribution in [3.8, 4) is 22.4 Å². The lowest BCUT2D eigenvalue weighted by molar-refractivity contribution is 0.101. The van der Waals surface area contributed by atoms with E-state index < -0.39 is 0 Å². The van der Waals surface area contributed by atoms with Gasteiger partial charge in [-0.15, -0.1) is 0 Å². The normalized spacial score (nSPS) is 10.6. The molecule has 21 heavy (non-hydrogen) atoms. The van der Waals surface area contributed by atoms with Gasteiger partial charge in [-0.25, -0.2) is 0 Å². The fourth-order valence-electron chi connectivity index (χ4n) is 2.38. The zero-order chi connectivity index (χ0) is 14.8. The second kappa shape index (κ2) is 5.37. The SMILES string of the molecule is CC(=O)c1ccc(-c2c(-c3ccccc3)noc2C)cc1. The molecule has 3 rings (SSSR count). The Balaban J connectivity index is 2.10. The smallest absolute Gasteiger partial charge is 0.159 e. The van der Waals surface area contributed by atoms with Crippen molar-refractivity contribution in [1.29, 1.82) is 0 Å². The summed E-state index contributed by atoms with van der Waals surface area (Å²) in [5, 5.41) is 4.18. The van der Waals surface area contributed by atoms with Gasteiger partial charge in [0.05, 0.1) is 5.56 Å². The number of Topliss-reactive ketones (excluding diaryl/α,β-unsaturated/α-hetero) is 1. The van der Waals surface area contributed by atoms with Crippen molar-refractivity contribution in [3.05, 3.63) is 65.9 Å². The van der Waals surface area contributed by atoms with E-state index in [1.807, 2.05) is 61.5 Å². The summed E-state index contributed by atoms with van der Waals surface area (Å²) in [5.74, 6) is 0.830. The number of hydrogen-bond donors (Lipinski definition) is 0. The molecule has 1 aromatic heterocycles. The standard InChI is InChI=1S/C18H15NO2/c1-12(20)14-8-10-15(11-9-14)17-13(2)21-19-18(17)16-6-4-3-5-7-16/h3-11H,1-2H3. The predicted molar refractivity (Wildman–Crippen MR) is 82.1 cm³/mol. The number of benzene rings is 2. The fourth-order valence-corrected chi connectivity index (χ4v) is 2.38. The second-order valence-electron chi connectivity index (χ2n) is 4.96. The lowest BCUT2D eigenvalue weighted by Gasteiger charge is -2.04. The van der Waals surface area contributed by atoms with Crippen molar-refractivity contribution < 1.29 is 9.32 Å². The van der Waals surface area contributed by atoms with Gasteiger partial charge in [0.25, 0.3) is 0 Å². The van der Waals surface area contributed by atoms with E-state index in [-0.39, 0.29) is 5.78 Å². The average Bonchev–Trinajstić information content (AvgIpc) is 2.90. The van der Waals surface area contributed by atoms with Crippen molar-refractivity contribution in [1.82, 2.24) is 5.16 Å². The van der Waals surface area contributed by atoms with Gasteiger partial charge in [0, 0.05) is 11.1 Å². The van der Waals surface area contributed by atoms with Gasteiger partial charge in [0.1, 0.15) is 11.5 Å². The van der Waals surface area contributed by atoms with Crippen LogP contribution in [0.25, 0.3) is 22.4 Å². The number of ketones is 1. The summed E-state index contributed by atoms with van der Waals surface area (Å²) in [7, 11) is 0. The molecule has 0 amide bonds. The Bertz CT molecular complexity index is 771. The highest BCUT2D eigenvalue weighted by Gasteiger charge is 2.16. The summed E-state index contributed by atoms with van der Waals surface area (Å²) in [4.78, 5) is 11.4. The molecule has 0 saturated heterocycles. The molecule has 0 saturated carbocycles. The summed E-state index contributed by atoms with van der Waals surface area (Å²) < 4.78 is 5.37. The molecule has 0 aliphatic rings. The summed E-state index contributed by atoms with van der Waals surface area (Å²) in [6, 6.07) is 17.5. The van der Waals surface area contributed by atoms with Gasteiger partial charge in [-0.3, -0.25) is 4.79 Å². The molecule has 3 aromatic rings. The van der Waals surface area contributed by atoms with E-state index in [9.17, 15) is 4.79 Å². The monoisotopic (exact) mass is 277 g/mol. The topological polar surface area (TPSA) is 43.1 Å². The minimum absolute atomic E-state index is 0.0619. The lowest BCUT2D eigenvalue weighted by atomic mass is 9.98. The van der Waals surface area contributed by atoms with Crippen LogP contribution in [0.4, 0.5) is 0 Å². The maximum Gasteiger partial charge on any atom is 0.159 e. The Kier molecular flexibility index (Phi) is 3.40. The number of aromatic nitrogens is 1. The van der Waals surface area contributed by atoms with E-state index in [0.29, 0.717) is 5.56 Å². The van der Waals surface area contributed by atoms with E-state index in [2.05, 4.69) is 5.16 Å². The van der Waals surface area contributed by atoms with Gasteiger partial charge in [-0.2, -0.15) is 0 Å². The zero-order valence-electron chi connectivity index (χ0n) is 12.0. The molecular formula is C18H15NO2. The Morgan fingerprint density at radius 3 is 2.24 bits per heavy atom. The van der Waals surface area contributed by atoms with Crippen LogP contribution in [0.5, 0.6) is 0 Å². The van der Waals surface area contributed by atoms with Crippen molar-refractivity contribution in [3.63, 3.8) is 0 Å². The number of carbonyl (C=O) groups is 1. The molecule has 2 aromatic carbocycles. The zero-order valence-corrected chi connectivity index (χ0v) is 12.0. The van der Waals surface area contributed by atoms with Crippen LogP contribution in [0.3, 0.4) is 0 Å². The van der Waals surface area contributed by atoms with Crippen molar-refractivity contribution in [2.45, 2.75) is 13.8 Å². The van der Waals surface area contributed by atoms with Gasteiger partial charge >= 0.3 is 0 Å². The van der Waals surface area contributed by atoms with Crippen molar-refractivity contribution in [2.75, 3.05) is 0 Å². The Morgan fingerprint density at radius 2 is 1.62 bits per heavy atom. The molecular weight excluding hydrogens is 262 g/mol. The minimum atomic E-state index is 0.0619. The molecule has 0 atom stereocenters. The molecule has 104 valence electrons. The third-order valence-corrected chi connectivity index (χ3v) is 3.49. The molecule has 0 fully saturated rings. The predicted octanol–water partition coefficient (Wildman–Crippen LogP) is 4.52. The van der Waals surface area contributed by atoms with Crippen LogP contribution >= 0.6 is 0 Å². The first-order chi connectivity index (χ1) is 10.2. The van der Waals surface area contributed by atoms with E-state index >= 15 is 0 Å². The van der Waals surface area contributed by atoms with Gasteiger partial charge in [-0.1, -0.05) is 59.8 Å². The minimum Gasteiger partial charge on any atom is -0.360 e. The quantitative estimate of drug-likeness (QED) is 0.661. The Hall–Kier alpha value is -2.68. The van der Waals surface area contributed by atoms with E-state index in [1.165, 1.54) is 0 Å². The largest absolute Gasteiger partial charge is 0.360 e. The molecule has 1 heterocycles. The summed E-state index contributed by atoms with van der Waals surface area (Å²) in [6.45, 7) is 3.46. The van der Waals surface area contributed by atoms with Crippen LogP contribution < -0.4 is 0 Å². The molecule has 0 aliphatic heterocycles. The number of carbonyl (C=O) groups excluding carboxylic acids is 1. The first-order valence-corrected chi connectivity index (χ1v) is 6.80. The Morgan fingerprint density at radius 1 is 0.952 bits per heavy atom. The maximum atomic E-state index is 11.4. The highest BCUT2D eigenvalue weighted by molar-refractivity contribution is 5.94. The van der Waals surface area contributed by atoms with E-state index in [1.54, 1.807) is 6.92 Å². The highest BCUT2D eigenvalue weighted by Crippen LogP contribution is 2.34. The van der Waals surface area contributed by atoms with E-state index in [4.69, 9.17) is 4.52 Å². The third kappa shape index (κ3) is 2.50. The first kappa shape index (κ1) is 13.3. The second-order valence-corrected chi connectivity index (χ2v) is 4.96. The Labute approximate surface area is 123 Å². The van der Waals surface area contributed by atoms with Gasteiger partial charge in [0.15, 0.2) is 5.78 Å². The number of hydrogen-bond acceptors (Lipinski definition) is 3. The van der Waals surface area contributed by atoms with Gasteiger partial charge in [0.2, 0.25) is 0 Å². The van der Waals surface area contributed by atoms with Crippen molar-refractivity contribution >= 4 is 5.78 Å². The van der Waals surface area contributed by atoms with Crippen LogP contribution in [-0.4, -0.2) is 10.9 Å². The molecule has 0 bridgehead atoms. The van der Waals surface area contributed by atoms with Crippen LogP contribution in [0, 0.1) is 6.92 Å². The van der Waals surface area contributed by atoms with Crippen LogP contribution in [0.2, 0.25) is 0 Å². The van der Waals surface area contributed by atoms with E-state index in [0.717, 1.165) is 28.1 Å². The molecule has 3 heteroatoms. The maximum absolute atomic E-state index is 11.4. The molecule has 0 aliphatic carbocycles. The number of rotatable bonds is 3. The number of aryl methyl sites for hydroxylation is 1. The average molecular weight is 277 g/mol. The summed E-state index contributed by atoms with van der Waals surface area (Å²) >= 11 is 0. The highest BCUT2D eigenvalue weighted by atomic mass is 16.5. The summed E-state index contributed by atoms with van der Waals surface area (Å²) in [5.41, 5.74) is 4.51. The fraction of sp³-hybridized carbons (Fsp3) is 0.111. The van der Waals surface area contributed by atoms with Gasteiger partial charge in [-0.05, 0) is 19.4 Å².